The molecule has 1 aliphatic rings. The number of amides is 1. The Morgan fingerprint density at radius 1 is 1.42 bits per heavy atom. The van der Waals surface area contributed by atoms with Gasteiger partial charge in [0, 0.05) is 18.5 Å². The van der Waals surface area contributed by atoms with E-state index in [1.165, 1.54) is 25.3 Å². The van der Waals surface area contributed by atoms with Crippen LogP contribution in [-0.4, -0.2) is 33.5 Å². The van der Waals surface area contributed by atoms with Gasteiger partial charge in [-0.2, -0.15) is 0 Å². The Balaban J connectivity index is 0.00000288. The molecule has 0 spiro atoms. The zero-order chi connectivity index (χ0) is 17.0. The molecule has 1 unspecified atom stereocenters. The van der Waals surface area contributed by atoms with Crippen LogP contribution in [-0.2, 0) is 14.8 Å². The molecule has 0 bridgehead atoms. The number of nitrogens with two attached hydrogens (primary N) is 1. The minimum Gasteiger partial charge on any atom is -0.495 e. The average molecular weight is 378 g/mol. The van der Waals surface area contributed by atoms with Gasteiger partial charge in [0.1, 0.15) is 5.75 Å². The van der Waals surface area contributed by atoms with Crippen LogP contribution >= 0.6 is 12.4 Å². The second-order valence-electron chi connectivity index (χ2n) is 5.82. The first-order valence-electron chi connectivity index (χ1n) is 7.57. The van der Waals surface area contributed by atoms with Crippen molar-refractivity contribution < 1.29 is 17.9 Å². The Hall–Kier alpha value is -1.35. The van der Waals surface area contributed by atoms with Gasteiger partial charge in [0.05, 0.1) is 17.7 Å². The van der Waals surface area contributed by atoms with E-state index in [4.69, 9.17) is 10.5 Å². The van der Waals surface area contributed by atoms with Crippen LogP contribution in [0.4, 0.5) is 5.69 Å². The maximum absolute atomic E-state index is 12.3. The molecule has 136 valence electrons. The van der Waals surface area contributed by atoms with Crippen molar-refractivity contribution in [2.45, 2.75) is 49.6 Å². The number of carbonyl (C=O) groups is 1. The molecule has 9 heteroatoms. The third-order valence-corrected chi connectivity index (χ3v) is 5.00. The van der Waals surface area contributed by atoms with E-state index >= 15 is 0 Å². The summed E-state index contributed by atoms with van der Waals surface area (Å²) >= 11 is 0. The molecular weight excluding hydrogens is 354 g/mol. The largest absolute Gasteiger partial charge is 0.495 e. The monoisotopic (exact) mass is 377 g/mol. The highest BCUT2D eigenvalue weighted by molar-refractivity contribution is 7.89. The molecule has 1 atom stereocenters. The SMILES string of the molecule is COc1ccc(S(=O)(=O)NC2CC2)cc1NC(=O)CCC(C)N.Cl. The fraction of sp³-hybridized carbons (Fsp3) is 0.533. The molecule has 0 radical (unpaired) electrons. The Morgan fingerprint density at radius 3 is 2.62 bits per heavy atom. The Kier molecular flexibility index (Phi) is 7.47. The molecule has 0 heterocycles. The maximum atomic E-state index is 12.3. The first-order chi connectivity index (χ1) is 10.8. The highest BCUT2D eigenvalue weighted by atomic mass is 35.5. The number of halogens is 1. The standard InChI is InChI=1S/C15H23N3O4S.ClH/c1-10(16)3-8-15(19)17-13-9-12(6-7-14(13)22-2)23(20,21)18-11-4-5-11;/h6-7,9-11,18H,3-5,8,16H2,1-2H3,(H,17,19);1H. The van der Waals surface area contributed by atoms with Gasteiger partial charge in [-0.05, 0) is 44.4 Å². The Labute approximate surface area is 148 Å². The average Bonchev–Trinajstić information content (AvgIpc) is 3.28. The summed E-state index contributed by atoms with van der Waals surface area (Å²) < 4.78 is 32.3. The number of anilines is 1. The van der Waals surface area contributed by atoms with Crippen LogP contribution in [0.3, 0.4) is 0 Å². The molecular formula is C15H24ClN3O4S. The van der Waals surface area contributed by atoms with Crippen molar-refractivity contribution in [2.75, 3.05) is 12.4 Å². The zero-order valence-electron chi connectivity index (χ0n) is 13.7. The molecule has 1 saturated carbocycles. The van der Waals surface area contributed by atoms with Crippen molar-refractivity contribution >= 4 is 34.0 Å². The van der Waals surface area contributed by atoms with Gasteiger partial charge in [0.15, 0.2) is 0 Å². The summed E-state index contributed by atoms with van der Waals surface area (Å²) in [7, 11) is -2.12. The molecule has 1 aromatic carbocycles. The molecule has 1 amide bonds. The maximum Gasteiger partial charge on any atom is 0.240 e. The number of ether oxygens (including phenoxy) is 1. The quantitative estimate of drug-likeness (QED) is 0.637. The van der Waals surface area contributed by atoms with Crippen LogP contribution in [0.25, 0.3) is 0 Å². The minimum absolute atomic E-state index is 0. The summed E-state index contributed by atoms with van der Waals surface area (Å²) in [5, 5.41) is 2.69. The molecule has 1 aliphatic carbocycles. The van der Waals surface area contributed by atoms with E-state index in [9.17, 15) is 13.2 Å². The van der Waals surface area contributed by atoms with Gasteiger partial charge in [-0.3, -0.25) is 4.79 Å². The molecule has 2 rings (SSSR count). The summed E-state index contributed by atoms with van der Waals surface area (Å²) in [4.78, 5) is 12.1. The van der Waals surface area contributed by atoms with Crippen LogP contribution in [0, 0.1) is 0 Å². The number of sulfonamides is 1. The molecule has 0 aliphatic heterocycles. The first kappa shape index (κ1) is 20.7. The summed E-state index contributed by atoms with van der Waals surface area (Å²) in [6, 6.07) is 4.35. The lowest BCUT2D eigenvalue weighted by Crippen LogP contribution is -2.26. The van der Waals surface area contributed by atoms with Crippen molar-refractivity contribution in [3.05, 3.63) is 18.2 Å². The van der Waals surface area contributed by atoms with E-state index in [1.54, 1.807) is 0 Å². The van der Waals surface area contributed by atoms with Gasteiger partial charge < -0.3 is 15.8 Å². The number of rotatable bonds is 8. The molecule has 1 aromatic rings. The lowest BCUT2D eigenvalue weighted by molar-refractivity contribution is -0.116. The van der Waals surface area contributed by atoms with Gasteiger partial charge in [-0.25, -0.2) is 13.1 Å². The van der Waals surface area contributed by atoms with Gasteiger partial charge in [-0.1, -0.05) is 0 Å². The summed E-state index contributed by atoms with van der Waals surface area (Å²) in [6.45, 7) is 1.82. The smallest absolute Gasteiger partial charge is 0.240 e. The van der Waals surface area contributed by atoms with Crippen LogP contribution in [0.2, 0.25) is 0 Å². The number of nitrogens with one attached hydrogen (secondary N) is 2. The van der Waals surface area contributed by atoms with Crippen molar-refractivity contribution in [3.63, 3.8) is 0 Å². The number of benzene rings is 1. The number of hydrogen-bond donors (Lipinski definition) is 3. The lowest BCUT2D eigenvalue weighted by Gasteiger charge is -2.13. The van der Waals surface area contributed by atoms with Crippen LogP contribution in [0.1, 0.15) is 32.6 Å². The van der Waals surface area contributed by atoms with E-state index < -0.39 is 10.0 Å². The number of hydrogen-bond acceptors (Lipinski definition) is 5. The second kappa shape index (κ2) is 8.66. The minimum atomic E-state index is -3.58. The number of carbonyl (C=O) groups excluding carboxylic acids is 1. The van der Waals surface area contributed by atoms with Crippen molar-refractivity contribution in [1.82, 2.24) is 4.72 Å². The summed E-state index contributed by atoms with van der Waals surface area (Å²) in [6.07, 6.45) is 2.53. The fourth-order valence-corrected chi connectivity index (χ4v) is 3.34. The van der Waals surface area contributed by atoms with E-state index in [2.05, 4.69) is 10.0 Å². The van der Waals surface area contributed by atoms with Gasteiger partial charge >= 0.3 is 0 Å². The molecule has 0 saturated heterocycles. The highest BCUT2D eigenvalue weighted by Crippen LogP contribution is 2.29. The topological polar surface area (TPSA) is 111 Å². The normalized spacial score (nSPS) is 15.3. The van der Waals surface area contributed by atoms with Crippen LogP contribution < -0.4 is 20.5 Å². The predicted octanol–water partition coefficient (Wildman–Crippen LogP) is 1.62. The van der Waals surface area contributed by atoms with E-state index in [0.29, 0.717) is 17.9 Å². The molecule has 24 heavy (non-hydrogen) atoms. The van der Waals surface area contributed by atoms with Gasteiger partial charge in [0.25, 0.3) is 0 Å². The Bertz CT molecular complexity index is 675. The number of methoxy groups -OCH3 is 1. The van der Waals surface area contributed by atoms with Crippen molar-refractivity contribution in [3.8, 4) is 5.75 Å². The zero-order valence-corrected chi connectivity index (χ0v) is 15.4. The highest BCUT2D eigenvalue weighted by Gasteiger charge is 2.28. The van der Waals surface area contributed by atoms with E-state index in [0.717, 1.165) is 12.8 Å². The Morgan fingerprint density at radius 2 is 2.08 bits per heavy atom. The van der Waals surface area contributed by atoms with Crippen LogP contribution in [0.15, 0.2) is 23.1 Å². The van der Waals surface area contributed by atoms with Crippen molar-refractivity contribution in [1.29, 1.82) is 0 Å². The molecule has 1 fully saturated rings. The van der Waals surface area contributed by atoms with E-state index in [-0.39, 0.29) is 41.7 Å². The lowest BCUT2D eigenvalue weighted by atomic mass is 10.2. The molecule has 0 aromatic heterocycles. The molecule has 7 nitrogen and oxygen atoms in total. The van der Waals surface area contributed by atoms with Crippen LogP contribution in [0.5, 0.6) is 5.75 Å². The third-order valence-electron chi connectivity index (χ3n) is 3.48. The first-order valence-corrected chi connectivity index (χ1v) is 9.06. The van der Waals surface area contributed by atoms with Gasteiger partial charge in [-0.15, -0.1) is 12.4 Å². The fourth-order valence-electron chi connectivity index (χ4n) is 2.01. The summed E-state index contributed by atoms with van der Waals surface area (Å²) in [5.41, 5.74) is 5.97. The summed E-state index contributed by atoms with van der Waals surface area (Å²) in [5.74, 6) is 0.176. The predicted molar refractivity (Wildman–Crippen MR) is 95.1 cm³/mol. The second-order valence-corrected chi connectivity index (χ2v) is 7.54. The van der Waals surface area contributed by atoms with Crippen molar-refractivity contribution in [2.24, 2.45) is 5.73 Å². The third kappa shape index (κ3) is 5.94. The van der Waals surface area contributed by atoms with Gasteiger partial charge in [0.2, 0.25) is 15.9 Å². The van der Waals surface area contributed by atoms with E-state index in [1.807, 2.05) is 6.92 Å². The molecule has 4 N–H and O–H groups in total.